The lowest BCUT2D eigenvalue weighted by atomic mass is 9.73. The first kappa shape index (κ1) is 11.6. The van der Waals surface area contributed by atoms with Crippen molar-refractivity contribution in [2.45, 2.75) is 59.2 Å². The average molecular weight is 407 g/mol. The van der Waals surface area contributed by atoms with Crippen LogP contribution < -0.4 is 0 Å². The molecule has 1 saturated carbocycles. The Kier molecular flexibility index (Phi) is 2.69. The molecule has 3 heteroatoms. The van der Waals surface area contributed by atoms with Gasteiger partial charge in [-0.25, -0.2) is 4.98 Å². The van der Waals surface area contributed by atoms with E-state index in [9.17, 15) is 0 Å². The van der Waals surface area contributed by atoms with E-state index in [2.05, 4.69) is 18.8 Å². The molecule has 0 bridgehead atoms. The third-order valence-corrected chi connectivity index (χ3v) is 6.58. The van der Waals surface area contributed by atoms with Gasteiger partial charge < -0.3 is 4.57 Å². The third-order valence-electron chi connectivity index (χ3n) is 6.58. The zero-order valence-electron chi connectivity index (χ0n) is 26.3. The van der Waals surface area contributed by atoms with Crippen molar-refractivity contribution in [3.63, 3.8) is 0 Å². The number of hydrogen-bond acceptors (Lipinski definition) is 2. The van der Waals surface area contributed by atoms with Gasteiger partial charge in [0.1, 0.15) is 5.82 Å². The van der Waals surface area contributed by atoms with E-state index in [1.165, 1.54) is 10.6 Å². The minimum absolute atomic E-state index is 0.00641. The number of aryl methyl sites for hydroxylation is 3. The van der Waals surface area contributed by atoms with E-state index < -0.39 is 20.7 Å². The predicted octanol–water partition coefficient (Wildman–Crippen LogP) is 7.09. The number of pyridine rings is 1. The quantitative estimate of drug-likeness (QED) is 0.356. The lowest BCUT2D eigenvalue weighted by Crippen LogP contribution is -2.21. The Balaban J connectivity index is 1.78. The number of aromatic nitrogens is 3. The summed E-state index contributed by atoms with van der Waals surface area (Å²) in [6, 6.07) is 10.4. The summed E-state index contributed by atoms with van der Waals surface area (Å²) in [5.41, 5.74) is 1.45. The second-order valence-electron chi connectivity index (χ2n) is 9.20. The van der Waals surface area contributed by atoms with Crippen molar-refractivity contribution in [3.05, 3.63) is 59.5 Å². The monoisotopic (exact) mass is 406 g/mol. The van der Waals surface area contributed by atoms with Crippen LogP contribution in [0.2, 0.25) is 0 Å². The molecule has 0 atom stereocenters. The van der Waals surface area contributed by atoms with Crippen molar-refractivity contribution in [1.82, 2.24) is 14.5 Å². The highest BCUT2D eigenvalue weighted by Crippen LogP contribution is 2.43. The standard InChI is InChI=1S/C27H31N3/c1-17-15-22(28-16-18(17)2)21-8-6-7-19-9-10-23-25(24(19)21)29-26(30(23)5)20-11-13-27(3,4)14-12-20/h6-10,15-16,20H,11-14H2,1-5H3/i1D3,2D3,5D3. The van der Waals surface area contributed by atoms with Crippen molar-refractivity contribution in [2.75, 3.05) is 0 Å². The average Bonchev–Trinajstić information content (AvgIpc) is 3.22. The van der Waals surface area contributed by atoms with E-state index in [0.29, 0.717) is 27.8 Å². The van der Waals surface area contributed by atoms with Crippen molar-refractivity contribution in [3.8, 4) is 11.3 Å². The van der Waals surface area contributed by atoms with E-state index in [4.69, 9.17) is 17.3 Å². The first-order chi connectivity index (χ1) is 18.0. The SMILES string of the molecule is [2H]C([2H])([2H])c1cnc(-c2cccc3ccc4c(nc(C5CCC(C)(C)CC5)n4C([2H])([2H])[2H])c23)cc1C([2H])([2H])[2H]. The van der Waals surface area contributed by atoms with Gasteiger partial charge in [-0.1, -0.05) is 38.1 Å². The van der Waals surface area contributed by atoms with Crippen molar-refractivity contribution >= 4 is 21.8 Å². The first-order valence-electron chi connectivity index (χ1n) is 14.9. The van der Waals surface area contributed by atoms with Crippen LogP contribution in [0.1, 0.15) is 74.7 Å². The van der Waals surface area contributed by atoms with Crippen LogP contribution in [0, 0.1) is 19.1 Å². The van der Waals surface area contributed by atoms with Crippen LogP contribution in [0.25, 0.3) is 33.1 Å². The first-order valence-corrected chi connectivity index (χ1v) is 10.4. The summed E-state index contributed by atoms with van der Waals surface area (Å²) in [4.78, 5) is 9.34. The normalized spacial score (nSPS) is 22.8. The molecule has 0 amide bonds. The Morgan fingerprint density at radius 3 is 2.67 bits per heavy atom. The van der Waals surface area contributed by atoms with Crippen molar-refractivity contribution in [1.29, 1.82) is 0 Å². The Labute approximate surface area is 191 Å². The molecule has 0 unspecified atom stereocenters. The maximum Gasteiger partial charge on any atom is 0.112 e. The molecule has 2 aromatic heterocycles. The summed E-state index contributed by atoms with van der Waals surface area (Å²) in [5, 5.41) is 1.45. The molecular formula is C27H31N3. The number of benzene rings is 2. The molecule has 0 spiro atoms. The molecule has 0 radical (unpaired) electrons. The molecule has 0 saturated heterocycles. The number of hydrogen-bond donors (Lipinski definition) is 0. The second kappa shape index (κ2) is 6.94. The minimum atomic E-state index is -2.66. The van der Waals surface area contributed by atoms with Gasteiger partial charge in [0.15, 0.2) is 0 Å². The fourth-order valence-corrected chi connectivity index (χ4v) is 4.68. The van der Waals surface area contributed by atoms with E-state index in [-0.39, 0.29) is 28.2 Å². The maximum absolute atomic E-state index is 8.34. The summed E-state index contributed by atoms with van der Waals surface area (Å²) < 4.78 is 73.7. The van der Waals surface area contributed by atoms with Crippen LogP contribution in [0.15, 0.2) is 42.6 Å². The highest BCUT2D eigenvalue weighted by molar-refractivity contribution is 6.11. The van der Waals surface area contributed by atoms with Gasteiger partial charge in [0, 0.05) is 42.4 Å². The van der Waals surface area contributed by atoms with Crippen LogP contribution in [0.5, 0.6) is 0 Å². The smallest absolute Gasteiger partial charge is 0.112 e. The van der Waals surface area contributed by atoms with Crippen LogP contribution >= 0.6 is 0 Å². The van der Waals surface area contributed by atoms with Gasteiger partial charge in [-0.3, -0.25) is 4.98 Å². The zero-order valence-corrected chi connectivity index (χ0v) is 17.3. The number of fused-ring (bicyclic) bond motifs is 3. The molecule has 1 aliphatic carbocycles. The second-order valence-corrected chi connectivity index (χ2v) is 9.20. The summed E-state index contributed by atoms with van der Waals surface area (Å²) in [6.07, 6.45) is 4.75. The number of rotatable bonds is 2. The summed E-state index contributed by atoms with van der Waals surface area (Å²) >= 11 is 0. The van der Waals surface area contributed by atoms with Crippen LogP contribution in [0.3, 0.4) is 0 Å². The van der Waals surface area contributed by atoms with Gasteiger partial charge in [-0.15, -0.1) is 0 Å². The molecule has 1 fully saturated rings. The van der Waals surface area contributed by atoms with Crippen LogP contribution in [0.4, 0.5) is 0 Å². The molecule has 154 valence electrons. The van der Waals surface area contributed by atoms with Gasteiger partial charge in [-0.2, -0.15) is 0 Å². The maximum atomic E-state index is 8.34. The molecule has 0 aliphatic heterocycles. The third kappa shape index (κ3) is 3.12. The van der Waals surface area contributed by atoms with Gasteiger partial charge in [0.25, 0.3) is 0 Å². The van der Waals surface area contributed by atoms with Gasteiger partial charge >= 0.3 is 0 Å². The highest BCUT2D eigenvalue weighted by Gasteiger charge is 2.30. The Hall–Kier alpha value is -2.68. The number of imidazole rings is 1. The Bertz CT molecular complexity index is 1550. The molecule has 4 aromatic rings. The Morgan fingerprint density at radius 1 is 1.07 bits per heavy atom. The van der Waals surface area contributed by atoms with Crippen molar-refractivity contribution < 1.29 is 12.3 Å². The topological polar surface area (TPSA) is 30.7 Å². The minimum Gasteiger partial charge on any atom is -0.331 e. The largest absolute Gasteiger partial charge is 0.331 e. The highest BCUT2D eigenvalue weighted by atomic mass is 15.1. The fraction of sp³-hybridized carbons (Fsp3) is 0.407. The van der Waals surface area contributed by atoms with Gasteiger partial charge in [0.05, 0.1) is 16.7 Å². The molecule has 30 heavy (non-hydrogen) atoms. The molecule has 0 N–H and O–H groups in total. The molecule has 1 aliphatic rings. The predicted molar refractivity (Wildman–Crippen MR) is 126 cm³/mol. The lowest BCUT2D eigenvalue weighted by Gasteiger charge is -2.33. The van der Waals surface area contributed by atoms with Gasteiger partial charge in [-0.05, 0) is 73.4 Å². The summed E-state index contributed by atoms with van der Waals surface area (Å²) in [7, 11) is 0. The van der Waals surface area contributed by atoms with E-state index in [1.54, 1.807) is 12.1 Å². The molecule has 5 rings (SSSR count). The van der Waals surface area contributed by atoms with E-state index in [0.717, 1.165) is 37.3 Å². The summed E-state index contributed by atoms with van der Waals surface area (Å²) in [6.45, 7) is -3.27. The lowest BCUT2D eigenvalue weighted by molar-refractivity contribution is 0.219. The molecule has 2 aromatic carbocycles. The fourth-order valence-electron chi connectivity index (χ4n) is 4.68. The molecular weight excluding hydrogens is 366 g/mol. The molecule has 3 nitrogen and oxygen atoms in total. The number of nitrogens with zero attached hydrogens (tertiary/aromatic N) is 3. The van der Waals surface area contributed by atoms with E-state index in [1.807, 2.05) is 18.2 Å². The van der Waals surface area contributed by atoms with Crippen LogP contribution in [-0.4, -0.2) is 14.5 Å². The van der Waals surface area contributed by atoms with Crippen LogP contribution in [-0.2, 0) is 6.98 Å². The zero-order chi connectivity index (χ0) is 28.5. The molecule has 2 heterocycles. The Morgan fingerprint density at radius 2 is 1.90 bits per heavy atom. The van der Waals surface area contributed by atoms with Crippen molar-refractivity contribution in [2.24, 2.45) is 12.4 Å². The summed E-state index contributed by atoms with van der Waals surface area (Å²) in [5.74, 6) is 0.545. The van der Waals surface area contributed by atoms with Gasteiger partial charge in [0.2, 0.25) is 0 Å². The van der Waals surface area contributed by atoms with E-state index >= 15 is 0 Å².